The van der Waals surface area contributed by atoms with E-state index in [4.69, 9.17) is 4.74 Å². The van der Waals surface area contributed by atoms with Crippen LogP contribution in [0.5, 0.6) is 0 Å². The highest BCUT2D eigenvalue weighted by atomic mass is 19.1. The lowest BCUT2D eigenvalue weighted by Gasteiger charge is -2.11. The van der Waals surface area contributed by atoms with Crippen molar-refractivity contribution in [3.8, 4) is 0 Å². The molecule has 1 aromatic heterocycles. The fourth-order valence-electron chi connectivity index (χ4n) is 1.94. The first kappa shape index (κ1) is 12.0. The molecule has 94 valence electrons. The molecule has 0 bridgehead atoms. The van der Waals surface area contributed by atoms with Gasteiger partial charge in [0.15, 0.2) is 6.17 Å². The van der Waals surface area contributed by atoms with Crippen LogP contribution in [0.2, 0.25) is 0 Å². The van der Waals surface area contributed by atoms with E-state index in [0.717, 1.165) is 6.20 Å². The standard InChI is InChI=1S/C10H13FN2O4/c1-2-5-7(14)6(11)8(17-5)4-3-12-10(16)13-9(4)15/h3,5-8,14H,2H2,1H3,(H2,12,13,15,16)/t5-,6+,7?,8+/m1/s1. The Kier molecular flexibility index (Phi) is 3.12. The second-order valence-corrected chi connectivity index (χ2v) is 3.97. The summed E-state index contributed by atoms with van der Waals surface area (Å²) in [4.78, 5) is 26.5. The van der Waals surface area contributed by atoms with Crippen LogP contribution in [0, 0.1) is 0 Å². The molecule has 1 aliphatic heterocycles. The van der Waals surface area contributed by atoms with E-state index in [-0.39, 0.29) is 5.56 Å². The number of aromatic nitrogens is 2. The van der Waals surface area contributed by atoms with Crippen LogP contribution in [0.25, 0.3) is 0 Å². The number of nitrogens with one attached hydrogen (secondary N) is 2. The second-order valence-electron chi connectivity index (χ2n) is 3.97. The van der Waals surface area contributed by atoms with E-state index in [1.54, 1.807) is 6.92 Å². The monoisotopic (exact) mass is 244 g/mol. The van der Waals surface area contributed by atoms with Gasteiger partial charge >= 0.3 is 5.69 Å². The molecule has 2 rings (SSSR count). The Morgan fingerprint density at radius 2 is 2.24 bits per heavy atom. The van der Waals surface area contributed by atoms with E-state index >= 15 is 0 Å². The van der Waals surface area contributed by atoms with Gasteiger partial charge in [0.2, 0.25) is 0 Å². The molecule has 1 aliphatic rings. The predicted molar refractivity (Wildman–Crippen MR) is 56.5 cm³/mol. The van der Waals surface area contributed by atoms with Gasteiger partial charge in [-0.25, -0.2) is 9.18 Å². The normalized spacial score (nSPS) is 32.9. The van der Waals surface area contributed by atoms with Crippen LogP contribution in [0.4, 0.5) is 4.39 Å². The van der Waals surface area contributed by atoms with Gasteiger partial charge in [-0.1, -0.05) is 6.92 Å². The molecule has 0 aromatic carbocycles. The topological polar surface area (TPSA) is 95.2 Å². The Labute approximate surface area is 95.5 Å². The molecular formula is C10H13FN2O4. The highest BCUT2D eigenvalue weighted by Crippen LogP contribution is 2.34. The maximum atomic E-state index is 13.8. The third kappa shape index (κ3) is 2.03. The molecule has 1 saturated heterocycles. The third-order valence-corrected chi connectivity index (χ3v) is 2.87. The van der Waals surface area contributed by atoms with E-state index in [2.05, 4.69) is 4.98 Å². The number of halogens is 1. The number of aromatic amines is 2. The summed E-state index contributed by atoms with van der Waals surface area (Å²) in [5.41, 5.74) is -1.39. The molecule has 2 heterocycles. The van der Waals surface area contributed by atoms with E-state index in [9.17, 15) is 19.1 Å². The number of aliphatic hydroxyl groups is 1. The van der Waals surface area contributed by atoms with E-state index in [1.165, 1.54) is 0 Å². The smallest absolute Gasteiger partial charge is 0.325 e. The fourth-order valence-corrected chi connectivity index (χ4v) is 1.94. The quantitative estimate of drug-likeness (QED) is 0.660. The number of ether oxygens (including phenoxy) is 1. The summed E-state index contributed by atoms with van der Waals surface area (Å²) in [7, 11) is 0. The Hall–Kier alpha value is -1.47. The second kappa shape index (κ2) is 4.42. The molecular weight excluding hydrogens is 231 g/mol. The first-order valence-electron chi connectivity index (χ1n) is 5.34. The Balaban J connectivity index is 2.35. The lowest BCUT2D eigenvalue weighted by atomic mass is 10.0. The summed E-state index contributed by atoms with van der Waals surface area (Å²) in [6.07, 6.45) is -3.15. The van der Waals surface area contributed by atoms with Crippen LogP contribution in [-0.2, 0) is 4.74 Å². The zero-order valence-electron chi connectivity index (χ0n) is 9.14. The molecule has 0 aliphatic carbocycles. The van der Waals surface area contributed by atoms with Gasteiger partial charge in [0, 0.05) is 6.20 Å². The first-order valence-corrected chi connectivity index (χ1v) is 5.34. The van der Waals surface area contributed by atoms with Crippen LogP contribution in [0.3, 0.4) is 0 Å². The average molecular weight is 244 g/mol. The number of H-pyrrole nitrogens is 2. The van der Waals surface area contributed by atoms with Gasteiger partial charge in [0.05, 0.1) is 11.7 Å². The van der Waals surface area contributed by atoms with E-state index in [0.29, 0.717) is 6.42 Å². The summed E-state index contributed by atoms with van der Waals surface area (Å²) in [6.45, 7) is 1.75. The lowest BCUT2D eigenvalue weighted by Crippen LogP contribution is -2.30. The van der Waals surface area contributed by atoms with Crippen LogP contribution < -0.4 is 11.2 Å². The zero-order valence-corrected chi connectivity index (χ0v) is 9.14. The van der Waals surface area contributed by atoms with Crippen molar-refractivity contribution in [2.75, 3.05) is 0 Å². The number of hydrogen-bond acceptors (Lipinski definition) is 4. The SMILES string of the molecule is CC[C@H]1O[C@@H](c2c[nH]c(=O)[nH]c2=O)[C@@H](F)C1O. The Bertz CT molecular complexity index is 512. The minimum atomic E-state index is -1.67. The number of rotatable bonds is 2. The molecule has 7 heteroatoms. The maximum absolute atomic E-state index is 13.8. The molecule has 1 fully saturated rings. The molecule has 6 nitrogen and oxygen atoms in total. The number of aliphatic hydroxyl groups excluding tert-OH is 1. The van der Waals surface area contributed by atoms with Gasteiger partial charge in [0.25, 0.3) is 5.56 Å². The molecule has 0 amide bonds. The van der Waals surface area contributed by atoms with Gasteiger partial charge in [0.1, 0.15) is 12.2 Å². The summed E-state index contributed by atoms with van der Waals surface area (Å²) < 4.78 is 19.0. The van der Waals surface area contributed by atoms with Crippen LogP contribution >= 0.6 is 0 Å². The molecule has 1 aromatic rings. The summed E-state index contributed by atoms with van der Waals surface area (Å²) in [5.74, 6) is 0. The molecule has 0 radical (unpaired) electrons. The molecule has 4 atom stereocenters. The van der Waals surface area contributed by atoms with Crippen molar-refractivity contribution in [2.45, 2.75) is 37.8 Å². The van der Waals surface area contributed by atoms with Crippen LogP contribution in [0.15, 0.2) is 15.8 Å². The predicted octanol–water partition coefficient (Wildman–Crippen LogP) is -0.388. The largest absolute Gasteiger partial charge is 0.387 e. The molecule has 17 heavy (non-hydrogen) atoms. The highest BCUT2D eigenvalue weighted by molar-refractivity contribution is 5.13. The first-order chi connectivity index (χ1) is 8.04. The summed E-state index contributed by atoms with van der Waals surface area (Å²) in [6, 6.07) is 0. The van der Waals surface area contributed by atoms with E-state index in [1.807, 2.05) is 4.98 Å². The molecule has 0 saturated carbocycles. The summed E-state index contributed by atoms with van der Waals surface area (Å²) >= 11 is 0. The highest BCUT2D eigenvalue weighted by Gasteiger charge is 2.44. The van der Waals surface area contributed by atoms with Crippen molar-refractivity contribution in [3.63, 3.8) is 0 Å². The number of hydrogen-bond donors (Lipinski definition) is 3. The fraction of sp³-hybridized carbons (Fsp3) is 0.600. The Morgan fingerprint density at radius 3 is 2.76 bits per heavy atom. The van der Waals surface area contributed by atoms with Crippen molar-refractivity contribution in [2.24, 2.45) is 0 Å². The van der Waals surface area contributed by atoms with Crippen molar-refractivity contribution in [3.05, 3.63) is 32.6 Å². The van der Waals surface area contributed by atoms with Gasteiger partial charge in [-0.15, -0.1) is 0 Å². The van der Waals surface area contributed by atoms with Gasteiger partial charge in [-0.05, 0) is 6.42 Å². The Morgan fingerprint density at radius 1 is 1.53 bits per heavy atom. The lowest BCUT2D eigenvalue weighted by molar-refractivity contribution is 0.00680. The van der Waals surface area contributed by atoms with Crippen molar-refractivity contribution >= 4 is 0 Å². The van der Waals surface area contributed by atoms with Crippen molar-refractivity contribution < 1.29 is 14.2 Å². The average Bonchev–Trinajstić information content (AvgIpc) is 2.57. The summed E-state index contributed by atoms with van der Waals surface area (Å²) in [5, 5.41) is 9.55. The van der Waals surface area contributed by atoms with Gasteiger partial charge < -0.3 is 14.8 Å². The third-order valence-electron chi connectivity index (χ3n) is 2.87. The van der Waals surface area contributed by atoms with Gasteiger partial charge in [-0.2, -0.15) is 0 Å². The van der Waals surface area contributed by atoms with Crippen molar-refractivity contribution in [1.82, 2.24) is 9.97 Å². The molecule has 3 N–H and O–H groups in total. The van der Waals surface area contributed by atoms with Gasteiger partial charge in [-0.3, -0.25) is 9.78 Å². The molecule has 1 unspecified atom stereocenters. The maximum Gasteiger partial charge on any atom is 0.325 e. The number of alkyl halides is 1. The minimum absolute atomic E-state index is 0.0212. The van der Waals surface area contributed by atoms with Crippen LogP contribution in [-0.4, -0.2) is 33.5 Å². The zero-order chi connectivity index (χ0) is 12.6. The van der Waals surface area contributed by atoms with E-state index < -0.39 is 35.7 Å². The minimum Gasteiger partial charge on any atom is -0.387 e. The van der Waals surface area contributed by atoms with Crippen LogP contribution in [0.1, 0.15) is 25.0 Å². The van der Waals surface area contributed by atoms with Crippen molar-refractivity contribution in [1.29, 1.82) is 0 Å². The molecule has 0 spiro atoms.